The molecular weight excluding hydrogens is 290 g/mol. The number of sulfonamides is 1. The predicted octanol–water partition coefficient (Wildman–Crippen LogP) is 1.81. The molecular formula is C12H16ClNO4S. The van der Waals surface area contributed by atoms with Gasteiger partial charge in [0.05, 0.1) is 13.2 Å². The summed E-state index contributed by atoms with van der Waals surface area (Å²) < 4.78 is 37.4. The maximum atomic E-state index is 12.2. The standard InChI is InChI=1S/C12H16ClNO4S/c1-17-11-5-4-9(13)7-12(11)19(15,16)14-8-10-3-2-6-18-10/h4-5,7,10,14H,2-3,6,8H2,1H3/t10-/m0/s1. The average molecular weight is 306 g/mol. The number of nitrogens with one attached hydrogen (secondary N) is 1. The molecule has 1 aromatic rings. The predicted molar refractivity (Wildman–Crippen MR) is 72.2 cm³/mol. The molecule has 1 heterocycles. The Morgan fingerprint density at radius 2 is 2.32 bits per heavy atom. The summed E-state index contributed by atoms with van der Waals surface area (Å²) in [6.45, 7) is 0.949. The van der Waals surface area contributed by atoms with E-state index in [1.54, 1.807) is 6.07 Å². The summed E-state index contributed by atoms with van der Waals surface area (Å²) >= 11 is 5.83. The van der Waals surface area contributed by atoms with Crippen LogP contribution in [0.15, 0.2) is 23.1 Å². The number of rotatable bonds is 5. The Labute approximate surface area is 117 Å². The third-order valence-corrected chi connectivity index (χ3v) is 4.62. The molecule has 0 spiro atoms. The van der Waals surface area contributed by atoms with Crippen LogP contribution in [-0.2, 0) is 14.8 Å². The molecule has 106 valence electrons. The Kier molecular flexibility index (Phi) is 4.67. The van der Waals surface area contributed by atoms with Gasteiger partial charge in [-0.1, -0.05) is 11.6 Å². The molecule has 0 amide bonds. The van der Waals surface area contributed by atoms with Gasteiger partial charge in [-0.3, -0.25) is 0 Å². The first-order valence-electron chi connectivity index (χ1n) is 5.98. The largest absolute Gasteiger partial charge is 0.495 e. The van der Waals surface area contributed by atoms with Crippen molar-refractivity contribution in [3.8, 4) is 5.75 Å². The van der Waals surface area contributed by atoms with Gasteiger partial charge in [-0.25, -0.2) is 13.1 Å². The number of hydrogen-bond donors (Lipinski definition) is 1. The third-order valence-electron chi connectivity index (χ3n) is 2.94. The van der Waals surface area contributed by atoms with Crippen LogP contribution in [0.1, 0.15) is 12.8 Å². The number of methoxy groups -OCH3 is 1. The summed E-state index contributed by atoms with van der Waals surface area (Å²) in [6.07, 6.45) is 1.78. The first-order chi connectivity index (χ1) is 9.03. The minimum Gasteiger partial charge on any atom is -0.495 e. The Bertz CT molecular complexity index is 541. The van der Waals surface area contributed by atoms with Crippen molar-refractivity contribution in [3.63, 3.8) is 0 Å². The fraction of sp³-hybridized carbons (Fsp3) is 0.500. The van der Waals surface area contributed by atoms with Crippen molar-refractivity contribution in [2.75, 3.05) is 20.3 Å². The smallest absolute Gasteiger partial charge is 0.244 e. The Balaban J connectivity index is 2.16. The molecule has 5 nitrogen and oxygen atoms in total. The highest BCUT2D eigenvalue weighted by Crippen LogP contribution is 2.27. The summed E-state index contributed by atoms with van der Waals surface area (Å²) in [5, 5.41) is 0.346. The van der Waals surface area contributed by atoms with Crippen LogP contribution in [0.3, 0.4) is 0 Å². The van der Waals surface area contributed by atoms with Gasteiger partial charge >= 0.3 is 0 Å². The highest BCUT2D eigenvalue weighted by Gasteiger charge is 2.23. The van der Waals surface area contributed by atoms with Gasteiger partial charge in [0.25, 0.3) is 0 Å². The fourth-order valence-electron chi connectivity index (χ4n) is 1.95. The molecule has 19 heavy (non-hydrogen) atoms. The van der Waals surface area contributed by atoms with Crippen molar-refractivity contribution >= 4 is 21.6 Å². The van der Waals surface area contributed by atoms with Crippen molar-refractivity contribution in [1.82, 2.24) is 4.72 Å². The molecule has 1 fully saturated rings. The molecule has 1 saturated heterocycles. The van der Waals surface area contributed by atoms with E-state index in [9.17, 15) is 8.42 Å². The zero-order chi connectivity index (χ0) is 13.9. The van der Waals surface area contributed by atoms with Gasteiger partial charge in [0, 0.05) is 18.2 Å². The van der Waals surface area contributed by atoms with Gasteiger partial charge in [0.15, 0.2) is 0 Å². The highest BCUT2D eigenvalue weighted by molar-refractivity contribution is 7.89. The van der Waals surface area contributed by atoms with Crippen LogP contribution in [0.4, 0.5) is 0 Å². The molecule has 0 aliphatic carbocycles. The number of hydrogen-bond acceptors (Lipinski definition) is 4. The first kappa shape index (κ1) is 14.6. The van der Waals surface area contributed by atoms with Crippen molar-refractivity contribution in [3.05, 3.63) is 23.2 Å². The second-order valence-corrected chi connectivity index (χ2v) is 6.45. The van der Waals surface area contributed by atoms with Gasteiger partial charge in [-0.15, -0.1) is 0 Å². The Hall–Kier alpha value is -0.820. The Morgan fingerprint density at radius 1 is 1.53 bits per heavy atom. The van der Waals surface area contributed by atoms with E-state index in [2.05, 4.69) is 4.72 Å². The third kappa shape index (κ3) is 3.60. The summed E-state index contributed by atoms with van der Waals surface area (Å²) in [4.78, 5) is 0.0421. The molecule has 2 rings (SSSR count). The van der Waals surface area contributed by atoms with Crippen molar-refractivity contribution in [2.45, 2.75) is 23.8 Å². The second-order valence-electron chi connectivity index (χ2n) is 4.28. The fourth-order valence-corrected chi connectivity index (χ4v) is 3.44. The molecule has 0 unspecified atom stereocenters. The molecule has 0 saturated carbocycles. The van der Waals surface area contributed by atoms with E-state index in [1.807, 2.05) is 0 Å². The SMILES string of the molecule is COc1ccc(Cl)cc1S(=O)(=O)NC[C@@H]1CCCO1. The monoisotopic (exact) mass is 305 g/mol. The van der Waals surface area contributed by atoms with Crippen LogP contribution in [0, 0.1) is 0 Å². The molecule has 7 heteroatoms. The zero-order valence-electron chi connectivity index (χ0n) is 10.6. The molecule has 1 aromatic carbocycles. The summed E-state index contributed by atoms with van der Waals surface area (Å²) in [5.74, 6) is 0.268. The van der Waals surface area contributed by atoms with Crippen LogP contribution >= 0.6 is 11.6 Å². The lowest BCUT2D eigenvalue weighted by Gasteiger charge is -2.13. The molecule has 0 radical (unpaired) electrons. The van der Waals surface area contributed by atoms with E-state index in [0.29, 0.717) is 11.6 Å². The lowest BCUT2D eigenvalue weighted by molar-refractivity contribution is 0.114. The van der Waals surface area contributed by atoms with Gasteiger partial charge in [-0.05, 0) is 31.0 Å². The van der Waals surface area contributed by atoms with E-state index >= 15 is 0 Å². The topological polar surface area (TPSA) is 64.6 Å². The van der Waals surface area contributed by atoms with E-state index in [0.717, 1.165) is 12.8 Å². The van der Waals surface area contributed by atoms with Gasteiger partial charge < -0.3 is 9.47 Å². The lowest BCUT2D eigenvalue weighted by atomic mass is 10.2. The first-order valence-corrected chi connectivity index (χ1v) is 7.84. The molecule has 1 N–H and O–H groups in total. The zero-order valence-corrected chi connectivity index (χ0v) is 12.1. The maximum absolute atomic E-state index is 12.2. The highest BCUT2D eigenvalue weighted by atomic mass is 35.5. The van der Waals surface area contributed by atoms with Gasteiger partial charge in [0.1, 0.15) is 10.6 Å². The molecule has 0 aromatic heterocycles. The summed E-state index contributed by atoms with van der Waals surface area (Å²) in [6, 6.07) is 4.49. The maximum Gasteiger partial charge on any atom is 0.244 e. The van der Waals surface area contributed by atoms with Crippen molar-refractivity contribution in [1.29, 1.82) is 0 Å². The normalized spacial score (nSPS) is 19.6. The van der Waals surface area contributed by atoms with E-state index < -0.39 is 10.0 Å². The van der Waals surface area contributed by atoms with E-state index in [1.165, 1.54) is 19.2 Å². The van der Waals surface area contributed by atoms with E-state index in [-0.39, 0.29) is 23.3 Å². The van der Waals surface area contributed by atoms with Crippen LogP contribution in [0.25, 0.3) is 0 Å². The number of ether oxygens (including phenoxy) is 2. The lowest BCUT2D eigenvalue weighted by Crippen LogP contribution is -2.32. The minimum atomic E-state index is -3.65. The number of halogens is 1. The second kappa shape index (κ2) is 6.09. The summed E-state index contributed by atoms with van der Waals surface area (Å²) in [7, 11) is -2.23. The molecule has 1 aliphatic heterocycles. The van der Waals surface area contributed by atoms with Crippen LogP contribution in [-0.4, -0.2) is 34.8 Å². The molecule has 1 atom stereocenters. The summed E-state index contributed by atoms with van der Waals surface area (Å²) in [5.41, 5.74) is 0. The minimum absolute atomic E-state index is 0.0421. The van der Waals surface area contributed by atoms with Crippen LogP contribution < -0.4 is 9.46 Å². The molecule has 1 aliphatic rings. The van der Waals surface area contributed by atoms with Gasteiger partial charge in [-0.2, -0.15) is 0 Å². The van der Waals surface area contributed by atoms with E-state index in [4.69, 9.17) is 21.1 Å². The Morgan fingerprint density at radius 3 is 2.95 bits per heavy atom. The van der Waals surface area contributed by atoms with Crippen molar-refractivity contribution in [2.24, 2.45) is 0 Å². The van der Waals surface area contributed by atoms with Crippen molar-refractivity contribution < 1.29 is 17.9 Å². The van der Waals surface area contributed by atoms with Crippen LogP contribution in [0.2, 0.25) is 5.02 Å². The number of benzene rings is 1. The van der Waals surface area contributed by atoms with Crippen LogP contribution in [0.5, 0.6) is 5.75 Å². The van der Waals surface area contributed by atoms with Gasteiger partial charge in [0.2, 0.25) is 10.0 Å². The quantitative estimate of drug-likeness (QED) is 0.901. The average Bonchev–Trinajstić information content (AvgIpc) is 2.89. The molecule has 0 bridgehead atoms.